The molecule has 1 N–H and O–H groups in total. The van der Waals surface area contributed by atoms with Crippen LogP contribution in [0.3, 0.4) is 0 Å². The standard InChI is InChI=1S/C22H32N2O5/c1-15-18(23-21(26)29-22(2,3)4)11-12-24(15)20(25)17-9-5-6-10-19(17)28-14-16-8-7-13-27-16/h5-6,9-10,15-16,18H,7-8,11-14H2,1-4H3,(H,23,26)/t15-,16-,18-/m0/s1. The van der Waals surface area contributed by atoms with Gasteiger partial charge in [0.05, 0.1) is 17.7 Å². The molecule has 3 rings (SSSR count). The third kappa shape index (κ3) is 5.63. The zero-order valence-corrected chi connectivity index (χ0v) is 17.8. The number of hydrogen-bond acceptors (Lipinski definition) is 5. The Balaban J connectivity index is 1.62. The van der Waals surface area contributed by atoms with Crippen LogP contribution in [0.5, 0.6) is 5.75 Å². The first kappa shape index (κ1) is 21.4. The van der Waals surface area contributed by atoms with Crippen LogP contribution < -0.4 is 10.1 Å². The molecule has 0 aliphatic carbocycles. The Morgan fingerprint density at radius 2 is 2.00 bits per heavy atom. The number of benzene rings is 1. The Morgan fingerprint density at radius 1 is 1.24 bits per heavy atom. The average Bonchev–Trinajstić information content (AvgIpc) is 3.29. The van der Waals surface area contributed by atoms with Crippen molar-refractivity contribution in [3.63, 3.8) is 0 Å². The van der Waals surface area contributed by atoms with Gasteiger partial charge in [0.15, 0.2) is 0 Å². The number of carbonyl (C=O) groups excluding carboxylic acids is 2. The van der Waals surface area contributed by atoms with Crippen molar-refractivity contribution < 1.29 is 23.8 Å². The van der Waals surface area contributed by atoms with Gasteiger partial charge in [-0.15, -0.1) is 0 Å². The molecule has 2 aliphatic heterocycles. The lowest BCUT2D eigenvalue weighted by atomic mass is 10.1. The number of hydrogen-bond donors (Lipinski definition) is 1. The van der Waals surface area contributed by atoms with E-state index >= 15 is 0 Å². The zero-order chi connectivity index (χ0) is 21.0. The van der Waals surface area contributed by atoms with E-state index < -0.39 is 11.7 Å². The van der Waals surface area contributed by atoms with Gasteiger partial charge in [0.25, 0.3) is 5.91 Å². The van der Waals surface area contributed by atoms with Crippen LogP contribution in [-0.2, 0) is 9.47 Å². The van der Waals surface area contributed by atoms with E-state index in [0.717, 1.165) is 19.4 Å². The Hall–Kier alpha value is -2.28. The first-order valence-corrected chi connectivity index (χ1v) is 10.4. The van der Waals surface area contributed by atoms with Crippen molar-refractivity contribution >= 4 is 12.0 Å². The molecule has 0 radical (unpaired) electrons. The zero-order valence-electron chi connectivity index (χ0n) is 17.8. The number of nitrogens with one attached hydrogen (secondary N) is 1. The highest BCUT2D eigenvalue weighted by atomic mass is 16.6. The number of amides is 2. The second-order valence-electron chi connectivity index (χ2n) is 8.72. The van der Waals surface area contributed by atoms with E-state index in [2.05, 4.69) is 5.32 Å². The fraction of sp³-hybridized carbons (Fsp3) is 0.636. The summed E-state index contributed by atoms with van der Waals surface area (Å²) in [5.74, 6) is 0.484. The molecule has 29 heavy (non-hydrogen) atoms. The second-order valence-corrected chi connectivity index (χ2v) is 8.72. The monoisotopic (exact) mass is 404 g/mol. The molecule has 0 bridgehead atoms. The van der Waals surface area contributed by atoms with Crippen LogP contribution in [0.15, 0.2) is 24.3 Å². The first-order valence-electron chi connectivity index (χ1n) is 10.4. The minimum absolute atomic E-state index is 0.0890. The smallest absolute Gasteiger partial charge is 0.407 e. The number of likely N-dealkylation sites (tertiary alicyclic amines) is 1. The normalized spacial score (nSPS) is 24.4. The summed E-state index contributed by atoms with van der Waals surface area (Å²) < 4.78 is 16.9. The molecule has 2 aliphatic rings. The van der Waals surface area contributed by atoms with Crippen LogP contribution in [0.1, 0.15) is 57.3 Å². The number of ether oxygens (including phenoxy) is 3. The van der Waals surface area contributed by atoms with Crippen molar-refractivity contribution in [2.24, 2.45) is 0 Å². The number of carbonyl (C=O) groups is 2. The Kier molecular flexibility index (Phi) is 6.67. The van der Waals surface area contributed by atoms with Crippen LogP contribution >= 0.6 is 0 Å². The molecule has 2 heterocycles. The van der Waals surface area contributed by atoms with Crippen LogP contribution in [0, 0.1) is 0 Å². The maximum atomic E-state index is 13.2. The van der Waals surface area contributed by atoms with Gasteiger partial charge in [-0.25, -0.2) is 4.79 Å². The first-order chi connectivity index (χ1) is 13.7. The molecule has 7 heteroatoms. The molecule has 7 nitrogen and oxygen atoms in total. The van der Waals surface area contributed by atoms with Crippen LogP contribution in [0.4, 0.5) is 4.79 Å². The highest BCUT2D eigenvalue weighted by molar-refractivity contribution is 5.97. The van der Waals surface area contributed by atoms with Gasteiger partial charge in [0.1, 0.15) is 18.0 Å². The van der Waals surface area contributed by atoms with E-state index in [1.54, 1.807) is 11.0 Å². The van der Waals surface area contributed by atoms with Gasteiger partial charge in [-0.05, 0) is 59.1 Å². The molecule has 0 saturated carbocycles. The lowest BCUT2D eigenvalue weighted by molar-refractivity contribution is 0.0485. The summed E-state index contributed by atoms with van der Waals surface area (Å²) in [7, 11) is 0. The quantitative estimate of drug-likeness (QED) is 0.814. The van der Waals surface area contributed by atoms with Crippen molar-refractivity contribution in [1.82, 2.24) is 10.2 Å². The van der Waals surface area contributed by atoms with Gasteiger partial charge < -0.3 is 24.4 Å². The molecule has 2 amide bonds. The molecule has 2 fully saturated rings. The van der Waals surface area contributed by atoms with Gasteiger partial charge in [-0.1, -0.05) is 12.1 Å². The molecule has 160 valence electrons. The van der Waals surface area contributed by atoms with Gasteiger partial charge >= 0.3 is 6.09 Å². The van der Waals surface area contributed by atoms with Crippen molar-refractivity contribution in [3.8, 4) is 5.75 Å². The minimum Gasteiger partial charge on any atom is -0.490 e. The molecule has 2 saturated heterocycles. The Bertz CT molecular complexity index is 724. The molecular formula is C22H32N2O5. The minimum atomic E-state index is -0.555. The van der Waals surface area contributed by atoms with Gasteiger partial charge in [0.2, 0.25) is 0 Å². The largest absolute Gasteiger partial charge is 0.490 e. The van der Waals surface area contributed by atoms with Crippen molar-refractivity contribution in [1.29, 1.82) is 0 Å². The third-order valence-electron chi connectivity index (χ3n) is 5.28. The predicted octanol–water partition coefficient (Wildman–Crippen LogP) is 3.37. The van der Waals surface area contributed by atoms with Crippen molar-refractivity contribution in [3.05, 3.63) is 29.8 Å². The summed E-state index contributed by atoms with van der Waals surface area (Å²) >= 11 is 0. The second kappa shape index (κ2) is 9.03. The summed E-state index contributed by atoms with van der Waals surface area (Å²) in [4.78, 5) is 27.1. The number of rotatable bonds is 5. The number of alkyl carbamates (subject to hydrolysis) is 1. The van der Waals surface area contributed by atoms with Crippen molar-refractivity contribution in [2.75, 3.05) is 19.8 Å². The molecule has 1 aromatic carbocycles. The number of nitrogens with zero attached hydrogens (tertiary/aromatic N) is 1. The maximum absolute atomic E-state index is 13.2. The fourth-order valence-corrected chi connectivity index (χ4v) is 3.76. The van der Waals surface area contributed by atoms with Gasteiger partial charge in [0, 0.05) is 19.2 Å². The predicted molar refractivity (Wildman–Crippen MR) is 109 cm³/mol. The Labute approximate surface area is 172 Å². The van der Waals surface area contributed by atoms with E-state index in [9.17, 15) is 9.59 Å². The van der Waals surface area contributed by atoms with Crippen molar-refractivity contribution in [2.45, 2.75) is 70.7 Å². The van der Waals surface area contributed by atoms with E-state index in [1.165, 1.54) is 0 Å². The summed E-state index contributed by atoms with van der Waals surface area (Å²) in [6.07, 6.45) is 2.35. The summed E-state index contributed by atoms with van der Waals surface area (Å²) in [5, 5.41) is 2.90. The summed E-state index contributed by atoms with van der Waals surface area (Å²) in [5.41, 5.74) is -0.0175. The fourth-order valence-electron chi connectivity index (χ4n) is 3.76. The molecular weight excluding hydrogens is 372 g/mol. The molecule has 0 aromatic heterocycles. The van der Waals surface area contributed by atoms with E-state index in [1.807, 2.05) is 45.9 Å². The van der Waals surface area contributed by atoms with E-state index in [0.29, 0.717) is 30.9 Å². The van der Waals surface area contributed by atoms with E-state index in [4.69, 9.17) is 14.2 Å². The highest BCUT2D eigenvalue weighted by Gasteiger charge is 2.36. The molecule has 3 atom stereocenters. The number of para-hydroxylation sites is 1. The SMILES string of the molecule is C[C@H]1[C@@H](NC(=O)OC(C)(C)C)CCN1C(=O)c1ccccc1OC[C@@H]1CCCO1. The molecule has 0 unspecified atom stereocenters. The third-order valence-corrected chi connectivity index (χ3v) is 5.28. The maximum Gasteiger partial charge on any atom is 0.407 e. The molecule has 0 spiro atoms. The molecule has 1 aromatic rings. The van der Waals surface area contributed by atoms with Crippen LogP contribution in [-0.4, -0.2) is 60.4 Å². The van der Waals surface area contributed by atoms with Gasteiger partial charge in [-0.3, -0.25) is 4.79 Å². The van der Waals surface area contributed by atoms with Crippen LogP contribution in [0.25, 0.3) is 0 Å². The lowest BCUT2D eigenvalue weighted by Crippen LogP contribution is -2.46. The topological polar surface area (TPSA) is 77.1 Å². The summed E-state index contributed by atoms with van der Waals surface area (Å²) in [6, 6.07) is 7.02. The Morgan fingerprint density at radius 3 is 2.69 bits per heavy atom. The lowest BCUT2D eigenvalue weighted by Gasteiger charge is -2.27. The summed E-state index contributed by atoms with van der Waals surface area (Å²) in [6.45, 7) is 9.22. The van der Waals surface area contributed by atoms with E-state index in [-0.39, 0.29) is 24.1 Å². The average molecular weight is 405 g/mol. The van der Waals surface area contributed by atoms with Crippen LogP contribution in [0.2, 0.25) is 0 Å². The highest BCUT2D eigenvalue weighted by Crippen LogP contribution is 2.26. The van der Waals surface area contributed by atoms with Gasteiger partial charge in [-0.2, -0.15) is 0 Å².